The Kier molecular flexibility index (Phi) is 8.66. The molecule has 6 nitrogen and oxygen atoms in total. The highest BCUT2D eigenvalue weighted by molar-refractivity contribution is 5.73. The Morgan fingerprint density at radius 3 is 1.29 bits per heavy atom. The number of carbonyl (C=O) groups is 2. The molecule has 4 aliphatic rings. The van der Waals surface area contributed by atoms with Gasteiger partial charge in [-0.3, -0.25) is 9.59 Å². The average Bonchev–Trinajstić information content (AvgIpc) is 2.96. The highest BCUT2D eigenvalue weighted by Gasteiger charge is 2.43. The van der Waals surface area contributed by atoms with Gasteiger partial charge in [0, 0.05) is 35.0 Å². The molecule has 0 aromatic rings. The summed E-state index contributed by atoms with van der Waals surface area (Å²) in [6.45, 7) is 17.8. The fraction of sp³-hybridized carbons (Fsp3) is 0.938. The maximum Gasteiger partial charge on any atom is 0.309 e. The highest BCUT2D eigenvalue weighted by Crippen LogP contribution is 2.46. The van der Waals surface area contributed by atoms with Crippen molar-refractivity contribution in [1.29, 1.82) is 0 Å². The summed E-state index contributed by atoms with van der Waals surface area (Å²) < 4.78 is 12.3. The molecule has 0 radical (unpaired) electrons. The van der Waals surface area contributed by atoms with Crippen molar-refractivity contribution in [1.82, 2.24) is 10.6 Å². The fourth-order valence-corrected chi connectivity index (χ4v) is 8.48. The monoisotopic (exact) mass is 532 g/mol. The van der Waals surface area contributed by atoms with Gasteiger partial charge in [-0.1, -0.05) is 0 Å². The van der Waals surface area contributed by atoms with Gasteiger partial charge >= 0.3 is 11.9 Å². The Balaban J connectivity index is 1.26. The third-order valence-electron chi connectivity index (χ3n) is 9.86. The smallest absolute Gasteiger partial charge is 0.309 e. The van der Waals surface area contributed by atoms with Crippen molar-refractivity contribution in [3.8, 4) is 0 Å². The van der Waals surface area contributed by atoms with Gasteiger partial charge in [-0.05, 0) is 131 Å². The van der Waals surface area contributed by atoms with Crippen LogP contribution < -0.4 is 10.6 Å². The molecule has 6 heteroatoms. The quantitative estimate of drug-likeness (QED) is 0.414. The number of fused-ring (bicyclic) bond motifs is 1. The molecule has 2 saturated heterocycles. The minimum absolute atomic E-state index is 0.00950. The molecule has 2 heterocycles. The third-order valence-corrected chi connectivity index (χ3v) is 9.86. The highest BCUT2D eigenvalue weighted by atomic mass is 16.5. The molecule has 0 bridgehead atoms. The van der Waals surface area contributed by atoms with Crippen LogP contribution in [0.25, 0.3) is 0 Å². The van der Waals surface area contributed by atoms with Crippen LogP contribution in [0, 0.1) is 23.7 Å². The normalized spacial score (nSPS) is 38.1. The minimum Gasteiger partial charge on any atom is -0.462 e. The SMILES string of the molecule is CC1(C)CCC(OC(=O)C2CCC3CC(C(=O)OC4CCC(C)(C)NC(C)(C)C4)CCC3C2)CC(C)(C)N1. The van der Waals surface area contributed by atoms with Gasteiger partial charge in [-0.15, -0.1) is 0 Å². The molecule has 0 spiro atoms. The second kappa shape index (κ2) is 11.0. The van der Waals surface area contributed by atoms with Crippen molar-refractivity contribution in [3.63, 3.8) is 0 Å². The zero-order chi connectivity index (χ0) is 27.9. The Morgan fingerprint density at radius 1 is 0.553 bits per heavy atom. The molecular formula is C32H56N2O4. The van der Waals surface area contributed by atoms with Crippen LogP contribution in [0.1, 0.15) is 132 Å². The predicted octanol–water partition coefficient (Wildman–Crippen LogP) is 6.30. The van der Waals surface area contributed by atoms with Gasteiger partial charge in [0.25, 0.3) is 0 Å². The first kappa shape index (κ1) is 29.8. The standard InChI is InChI=1S/C32H56N2O4/c1-29(2)15-13-25(19-31(5,6)33-29)37-27(35)23-11-9-22-18-24(12-10-21(22)17-23)28(36)38-26-14-16-30(3,4)34-32(7,8)20-26/h21-26,33-34H,9-20H2,1-8H3. The van der Waals surface area contributed by atoms with Crippen molar-refractivity contribution in [2.24, 2.45) is 23.7 Å². The zero-order valence-electron chi connectivity index (χ0n) is 25.6. The summed E-state index contributed by atoms with van der Waals surface area (Å²) in [6.07, 6.45) is 11.2. The van der Waals surface area contributed by atoms with E-state index in [1.54, 1.807) is 0 Å². The van der Waals surface area contributed by atoms with E-state index in [0.29, 0.717) is 11.8 Å². The van der Waals surface area contributed by atoms with Crippen molar-refractivity contribution < 1.29 is 19.1 Å². The van der Waals surface area contributed by atoms with Crippen molar-refractivity contribution in [2.75, 3.05) is 0 Å². The Bertz CT molecular complexity index is 794. The number of carbonyl (C=O) groups excluding carboxylic acids is 2. The largest absolute Gasteiger partial charge is 0.462 e. The maximum atomic E-state index is 13.2. The first-order valence-corrected chi connectivity index (χ1v) is 15.5. The number of esters is 2. The van der Waals surface area contributed by atoms with Crippen LogP contribution in [0.2, 0.25) is 0 Å². The molecule has 2 saturated carbocycles. The lowest BCUT2D eigenvalue weighted by Gasteiger charge is -2.41. The second-order valence-electron chi connectivity index (χ2n) is 15.9. The predicted molar refractivity (Wildman–Crippen MR) is 152 cm³/mol. The van der Waals surface area contributed by atoms with E-state index in [-0.39, 0.29) is 58.1 Å². The summed E-state index contributed by atoms with van der Waals surface area (Å²) in [5.74, 6) is 1.10. The van der Waals surface area contributed by atoms with Crippen molar-refractivity contribution in [3.05, 3.63) is 0 Å². The zero-order valence-corrected chi connectivity index (χ0v) is 25.6. The van der Waals surface area contributed by atoms with Gasteiger partial charge in [0.2, 0.25) is 0 Å². The van der Waals surface area contributed by atoms with Crippen molar-refractivity contribution >= 4 is 11.9 Å². The fourth-order valence-electron chi connectivity index (χ4n) is 8.48. The van der Waals surface area contributed by atoms with Crippen LogP contribution in [-0.4, -0.2) is 46.3 Å². The molecule has 2 aliphatic heterocycles. The summed E-state index contributed by atoms with van der Waals surface area (Å²) in [5.41, 5.74) is 0.0223. The van der Waals surface area contributed by atoms with E-state index in [4.69, 9.17) is 9.47 Å². The number of ether oxygens (including phenoxy) is 2. The molecule has 2 aliphatic carbocycles. The number of nitrogens with one attached hydrogen (secondary N) is 2. The summed E-state index contributed by atoms with van der Waals surface area (Å²) in [4.78, 5) is 26.4. The van der Waals surface area contributed by atoms with E-state index in [0.717, 1.165) is 77.0 Å². The molecule has 4 rings (SSSR count). The van der Waals surface area contributed by atoms with E-state index < -0.39 is 0 Å². The Labute approximate surface area is 232 Å². The van der Waals surface area contributed by atoms with E-state index in [2.05, 4.69) is 66.0 Å². The van der Waals surface area contributed by atoms with Gasteiger partial charge in [-0.2, -0.15) is 0 Å². The van der Waals surface area contributed by atoms with E-state index >= 15 is 0 Å². The summed E-state index contributed by atoms with van der Waals surface area (Å²) >= 11 is 0. The molecule has 38 heavy (non-hydrogen) atoms. The van der Waals surface area contributed by atoms with Crippen LogP contribution in [0.4, 0.5) is 0 Å². The average molecular weight is 533 g/mol. The number of rotatable bonds is 4. The maximum absolute atomic E-state index is 13.2. The lowest BCUT2D eigenvalue weighted by atomic mass is 9.65. The Morgan fingerprint density at radius 2 is 0.921 bits per heavy atom. The lowest BCUT2D eigenvalue weighted by Crippen LogP contribution is -2.51. The lowest BCUT2D eigenvalue weighted by molar-refractivity contribution is -0.161. The van der Waals surface area contributed by atoms with Gasteiger partial charge in [0.15, 0.2) is 0 Å². The Hall–Kier alpha value is -1.14. The van der Waals surface area contributed by atoms with Crippen LogP contribution >= 0.6 is 0 Å². The van der Waals surface area contributed by atoms with Gasteiger partial charge in [0.1, 0.15) is 12.2 Å². The summed E-state index contributed by atoms with van der Waals surface area (Å²) in [6, 6.07) is 0. The van der Waals surface area contributed by atoms with Gasteiger partial charge in [0.05, 0.1) is 11.8 Å². The minimum atomic E-state index is -0.0468. The van der Waals surface area contributed by atoms with Crippen molar-refractivity contribution in [2.45, 2.75) is 167 Å². The van der Waals surface area contributed by atoms with Gasteiger partial charge in [-0.25, -0.2) is 0 Å². The van der Waals surface area contributed by atoms with Crippen LogP contribution in [-0.2, 0) is 19.1 Å². The molecule has 0 aromatic heterocycles. The molecule has 4 fully saturated rings. The molecule has 0 aromatic carbocycles. The second-order valence-corrected chi connectivity index (χ2v) is 15.9. The molecule has 218 valence electrons. The molecule has 6 atom stereocenters. The summed E-state index contributed by atoms with van der Waals surface area (Å²) in [5, 5.41) is 7.46. The number of hydrogen-bond donors (Lipinski definition) is 2. The molecule has 0 amide bonds. The van der Waals surface area contributed by atoms with E-state index in [9.17, 15) is 9.59 Å². The molecule has 2 N–H and O–H groups in total. The van der Waals surface area contributed by atoms with E-state index in [1.165, 1.54) is 0 Å². The van der Waals surface area contributed by atoms with Crippen LogP contribution in [0.3, 0.4) is 0 Å². The summed E-state index contributed by atoms with van der Waals surface area (Å²) in [7, 11) is 0. The third kappa shape index (κ3) is 7.96. The number of hydrogen-bond acceptors (Lipinski definition) is 6. The first-order valence-electron chi connectivity index (χ1n) is 15.5. The molecular weight excluding hydrogens is 476 g/mol. The first-order chi connectivity index (χ1) is 17.5. The van der Waals surface area contributed by atoms with Crippen LogP contribution in [0.15, 0.2) is 0 Å². The topological polar surface area (TPSA) is 76.7 Å². The van der Waals surface area contributed by atoms with Gasteiger partial charge < -0.3 is 20.1 Å². The van der Waals surface area contributed by atoms with E-state index in [1.807, 2.05) is 0 Å². The molecule has 6 unspecified atom stereocenters. The van der Waals surface area contributed by atoms with Crippen LogP contribution in [0.5, 0.6) is 0 Å².